The zero-order valence-electron chi connectivity index (χ0n) is 7.35. The van der Waals surface area contributed by atoms with Crippen molar-refractivity contribution >= 4 is 22.4 Å². The molecule has 5 nitrogen and oxygen atoms in total. The molecule has 1 saturated heterocycles. The summed E-state index contributed by atoms with van der Waals surface area (Å²) in [7, 11) is -3.31. The molecule has 1 unspecified atom stereocenters. The van der Waals surface area contributed by atoms with Crippen LogP contribution < -0.4 is 10.9 Å². The lowest BCUT2D eigenvalue weighted by atomic mass is 10.3. The van der Waals surface area contributed by atoms with Crippen LogP contribution in [-0.2, 0) is 10.0 Å². The van der Waals surface area contributed by atoms with E-state index in [-0.39, 0.29) is 24.2 Å². The van der Waals surface area contributed by atoms with Crippen molar-refractivity contribution in [3.63, 3.8) is 0 Å². The van der Waals surface area contributed by atoms with Gasteiger partial charge in [-0.1, -0.05) is 0 Å². The highest BCUT2D eigenvalue weighted by Crippen LogP contribution is 2.05. The molecule has 1 fully saturated rings. The van der Waals surface area contributed by atoms with Crippen LogP contribution in [-0.4, -0.2) is 44.7 Å². The minimum atomic E-state index is -3.31. The first-order valence-electron chi connectivity index (χ1n) is 3.96. The van der Waals surface area contributed by atoms with E-state index < -0.39 is 10.0 Å². The van der Waals surface area contributed by atoms with Crippen molar-refractivity contribution in [2.45, 2.75) is 12.5 Å². The largest absolute Gasteiger partial charge is 0.326 e. The van der Waals surface area contributed by atoms with Crippen LogP contribution in [0.4, 0.5) is 0 Å². The number of nitrogens with two attached hydrogens (primary N) is 2. The minimum Gasteiger partial charge on any atom is -0.326 e. The zero-order valence-corrected chi connectivity index (χ0v) is 8.98. The van der Waals surface area contributed by atoms with E-state index in [1.54, 1.807) is 0 Å². The second kappa shape index (κ2) is 5.11. The summed E-state index contributed by atoms with van der Waals surface area (Å²) in [6.45, 7) is 2.18. The lowest BCUT2D eigenvalue weighted by Gasteiger charge is -2.13. The summed E-state index contributed by atoms with van der Waals surface area (Å²) in [5.41, 5.74) is 5.64. The molecule has 80 valence electrons. The van der Waals surface area contributed by atoms with Gasteiger partial charge in [0.25, 0.3) is 0 Å². The average Bonchev–Trinajstić information content (AvgIpc) is 2.30. The number of rotatable bonds is 3. The summed E-state index contributed by atoms with van der Waals surface area (Å²) in [6.07, 6.45) is 0.949. The third-order valence-electron chi connectivity index (χ3n) is 2.00. The number of halogens is 1. The summed E-state index contributed by atoms with van der Waals surface area (Å²) >= 11 is 0. The molecule has 7 heteroatoms. The Kier molecular flexibility index (Phi) is 5.16. The molecule has 1 aliphatic rings. The Morgan fingerprint density at radius 1 is 1.46 bits per heavy atom. The zero-order chi connectivity index (χ0) is 9.19. The predicted octanol–water partition coefficient (Wildman–Crippen LogP) is -1.27. The van der Waals surface area contributed by atoms with Crippen LogP contribution in [0.5, 0.6) is 0 Å². The Bertz CT molecular complexity index is 244. The lowest BCUT2D eigenvalue weighted by Crippen LogP contribution is -2.32. The Labute approximate surface area is 84.9 Å². The third-order valence-corrected chi connectivity index (χ3v) is 2.75. The van der Waals surface area contributed by atoms with Crippen molar-refractivity contribution in [3.8, 4) is 0 Å². The van der Waals surface area contributed by atoms with Crippen LogP contribution in [0.25, 0.3) is 0 Å². The topological polar surface area (TPSA) is 89.4 Å². The van der Waals surface area contributed by atoms with E-state index in [9.17, 15) is 8.42 Å². The molecule has 0 saturated carbocycles. The monoisotopic (exact) mass is 229 g/mol. The maximum absolute atomic E-state index is 10.6. The van der Waals surface area contributed by atoms with Crippen LogP contribution in [0.15, 0.2) is 0 Å². The van der Waals surface area contributed by atoms with Gasteiger partial charge >= 0.3 is 0 Å². The van der Waals surface area contributed by atoms with Crippen molar-refractivity contribution in [2.75, 3.05) is 25.4 Å². The van der Waals surface area contributed by atoms with E-state index in [1.165, 1.54) is 0 Å². The molecule has 0 spiro atoms. The second-order valence-corrected chi connectivity index (χ2v) is 4.95. The highest BCUT2D eigenvalue weighted by Gasteiger charge is 2.19. The molecule has 0 aromatic rings. The highest BCUT2D eigenvalue weighted by atomic mass is 35.5. The fraction of sp³-hybridized carbons (Fsp3) is 1.00. The van der Waals surface area contributed by atoms with E-state index in [1.807, 2.05) is 4.90 Å². The smallest absolute Gasteiger partial charge is 0.210 e. The number of hydrogen-bond acceptors (Lipinski definition) is 4. The van der Waals surface area contributed by atoms with Gasteiger partial charge in [-0.2, -0.15) is 0 Å². The maximum Gasteiger partial charge on any atom is 0.210 e. The Balaban J connectivity index is 0.00000144. The number of hydrogen-bond donors (Lipinski definition) is 2. The van der Waals surface area contributed by atoms with Crippen molar-refractivity contribution < 1.29 is 8.42 Å². The van der Waals surface area contributed by atoms with E-state index in [0.717, 1.165) is 19.5 Å². The molecule has 1 rings (SSSR count). The van der Waals surface area contributed by atoms with Crippen LogP contribution in [0.2, 0.25) is 0 Å². The van der Waals surface area contributed by atoms with Gasteiger partial charge in [-0.15, -0.1) is 12.4 Å². The molecule has 4 N–H and O–H groups in total. The summed E-state index contributed by atoms with van der Waals surface area (Å²) in [6, 6.07) is 0.200. The van der Waals surface area contributed by atoms with Gasteiger partial charge in [0, 0.05) is 19.1 Å². The summed E-state index contributed by atoms with van der Waals surface area (Å²) < 4.78 is 21.2. The normalized spacial score (nSPS) is 24.3. The predicted molar refractivity (Wildman–Crippen MR) is 54.3 cm³/mol. The first kappa shape index (κ1) is 13.1. The van der Waals surface area contributed by atoms with E-state index >= 15 is 0 Å². The van der Waals surface area contributed by atoms with Gasteiger partial charge in [-0.25, -0.2) is 13.6 Å². The molecule has 0 aliphatic carbocycles. The van der Waals surface area contributed by atoms with Crippen LogP contribution >= 0.6 is 12.4 Å². The number of likely N-dealkylation sites (tertiary alicyclic amines) is 1. The standard InChI is InChI=1S/C6H15N3O2S.ClH/c7-6-1-2-9(5-6)3-4-12(8,10)11;/h6H,1-5,7H2,(H2,8,10,11);1H. The van der Waals surface area contributed by atoms with Gasteiger partial charge in [0.15, 0.2) is 0 Å². The highest BCUT2D eigenvalue weighted by molar-refractivity contribution is 7.89. The van der Waals surface area contributed by atoms with Crippen molar-refractivity contribution in [1.82, 2.24) is 4.90 Å². The molecular formula is C6H16ClN3O2S. The minimum absolute atomic E-state index is 0. The van der Waals surface area contributed by atoms with Gasteiger partial charge in [-0.05, 0) is 13.0 Å². The number of nitrogens with zero attached hydrogens (tertiary/aromatic N) is 1. The molecule has 1 aliphatic heterocycles. The molecule has 0 amide bonds. The first-order chi connectivity index (χ1) is 5.47. The fourth-order valence-electron chi connectivity index (χ4n) is 1.32. The maximum atomic E-state index is 10.6. The molecule has 1 heterocycles. The van der Waals surface area contributed by atoms with Crippen molar-refractivity contribution in [3.05, 3.63) is 0 Å². The Hall–Kier alpha value is 0.120. The van der Waals surface area contributed by atoms with Gasteiger partial charge < -0.3 is 10.6 Å². The van der Waals surface area contributed by atoms with Gasteiger partial charge in [0.2, 0.25) is 10.0 Å². The van der Waals surface area contributed by atoms with Gasteiger partial charge in [-0.3, -0.25) is 0 Å². The SMILES string of the molecule is Cl.NC1CCN(CCS(N)(=O)=O)C1. The van der Waals surface area contributed by atoms with Crippen LogP contribution in [0.3, 0.4) is 0 Å². The number of sulfonamides is 1. The molecule has 0 aromatic heterocycles. The quantitative estimate of drug-likeness (QED) is 0.632. The lowest BCUT2D eigenvalue weighted by molar-refractivity contribution is 0.354. The van der Waals surface area contributed by atoms with Crippen molar-refractivity contribution in [1.29, 1.82) is 0 Å². The van der Waals surface area contributed by atoms with Gasteiger partial charge in [0.1, 0.15) is 0 Å². The molecule has 0 aromatic carbocycles. The molecule has 0 bridgehead atoms. The van der Waals surface area contributed by atoms with E-state index in [4.69, 9.17) is 10.9 Å². The number of primary sulfonamides is 1. The molecule has 0 radical (unpaired) electrons. The van der Waals surface area contributed by atoms with Crippen LogP contribution in [0, 0.1) is 0 Å². The fourth-order valence-corrected chi connectivity index (χ4v) is 1.83. The second-order valence-electron chi connectivity index (χ2n) is 3.22. The van der Waals surface area contributed by atoms with E-state index in [0.29, 0.717) is 6.54 Å². The summed E-state index contributed by atoms with van der Waals surface area (Å²) in [5, 5.41) is 4.86. The molecule has 13 heavy (non-hydrogen) atoms. The summed E-state index contributed by atoms with van der Waals surface area (Å²) in [4.78, 5) is 2.02. The average molecular weight is 230 g/mol. The van der Waals surface area contributed by atoms with Crippen molar-refractivity contribution in [2.24, 2.45) is 10.9 Å². The van der Waals surface area contributed by atoms with E-state index in [2.05, 4.69) is 0 Å². The summed E-state index contributed by atoms with van der Waals surface area (Å²) in [5.74, 6) is 0.0275. The van der Waals surface area contributed by atoms with Gasteiger partial charge in [0.05, 0.1) is 5.75 Å². The molecular weight excluding hydrogens is 214 g/mol. The van der Waals surface area contributed by atoms with Crippen LogP contribution in [0.1, 0.15) is 6.42 Å². The first-order valence-corrected chi connectivity index (χ1v) is 5.67. The Morgan fingerprint density at radius 2 is 2.08 bits per heavy atom. The molecule has 1 atom stereocenters. The Morgan fingerprint density at radius 3 is 2.46 bits per heavy atom. The third kappa shape index (κ3) is 5.43.